The fraction of sp³-hybridized carbons (Fsp3) is 0.793. The molecule has 7 nitrogen and oxygen atoms in total. The first-order valence-electron chi connectivity index (χ1n) is 14.0. The Hall–Kier alpha value is -1.70. The normalized spacial score (nSPS) is 19.3. The molecule has 2 aromatic rings. The van der Waals surface area contributed by atoms with Crippen molar-refractivity contribution >= 4 is 0 Å². The average molecular weight is 505 g/mol. The van der Waals surface area contributed by atoms with Crippen LogP contribution in [-0.2, 0) is 18.8 Å². The van der Waals surface area contributed by atoms with E-state index >= 15 is 0 Å². The molecule has 7 heteroatoms. The van der Waals surface area contributed by atoms with Gasteiger partial charge in [-0.3, -0.25) is 4.68 Å². The minimum atomic E-state index is 0.911. The van der Waals surface area contributed by atoms with E-state index in [9.17, 15) is 0 Å². The molecule has 2 aromatic heterocycles. The number of hydrogen-bond acceptors (Lipinski definition) is 5. The van der Waals surface area contributed by atoms with Gasteiger partial charge in [0, 0.05) is 39.7 Å². The molecule has 0 unspecified atom stereocenters. The highest BCUT2D eigenvalue weighted by Crippen LogP contribution is 2.13. The van der Waals surface area contributed by atoms with E-state index in [0.29, 0.717) is 0 Å². The van der Waals surface area contributed by atoms with Crippen LogP contribution >= 0.6 is 0 Å². The van der Waals surface area contributed by atoms with Crippen LogP contribution in [0.5, 0.6) is 0 Å². The smallest absolute Gasteiger partial charge is 0.0946 e. The van der Waals surface area contributed by atoms with Gasteiger partial charge >= 0.3 is 0 Å². The third kappa shape index (κ3) is 17.7. The van der Waals surface area contributed by atoms with Crippen molar-refractivity contribution in [3.63, 3.8) is 0 Å². The summed E-state index contributed by atoms with van der Waals surface area (Å²) in [5.41, 5.74) is 2.28. The van der Waals surface area contributed by atoms with Crippen LogP contribution < -0.4 is 5.32 Å². The summed E-state index contributed by atoms with van der Waals surface area (Å²) in [5, 5.41) is 7.25. The number of piperidine rings is 2. The maximum atomic E-state index is 5.14. The zero-order valence-electron chi connectivity index (χ0n) is 24.7. The molecule has 0 radical (unpaired) electrons. The number of nitrogens with one attached hydrogen (secondary N) is 1. The van der Waals surface area contributed by atoms with Crippen LogP contribution in [0.3, 0.4) is 0 Å². The summed E-state index contributed by atoms with van der Waals surface area (Å²) in [6.07, 6.45) is 15.6. The van der Waals surface area contributed by atoms with Crippen molar-refractivity contribution in [2.24, 2.45) is 31.8 Å². The molecule has 3 aliphatic heterocycles. The second kappa shape index (κ2) is 19.4. The molecule has 3 saturated heterocycles. The van der Waals surface area contributed by atoms with E-state index in [1.807, 2.05) is 51.1 Å². The Morgan fingerprint density at radius 2 is 1.36 bits per heavy atom. The van der Waals surface area contributed by atoms with E-state index in [-0.39, 0.29) is 0 Å². The fourth-order valence-electron chi connectivity index (χ4n) is 4.01. The van der Waals surface area contributed by atoms with Gasteiger partial charge < -0.3 is 19.5 Å². The molecule has 0 aromatic carbocycles. The lowest BCUT2D eigenvalue weighted by molar-refractivity contribution is 0.0716. The largest absolute Gasteiger partial charge is 0.381 e. The highest BCUT2D eigenvalue weighted by Gasteiger charge is 2.10. The maximum Gasteiger partial charge on any atom is 0.0946 e. The molecule has 0 atom stereocenters. The third-order valence-corrected chi connectivity index (χ3v) is 6.81. The number of imidazole rings is 1. The quantitative estimate of drug-likeness (QED) is 0.531. The summed E-state index contributed by atoms with van der Waals surface area (Å²) in [6, 6.07) is 0. The molecule has 5 heterocycles. The number of nitrogens with zero attached hydrogens (tertiary/aromatic N) is 5. The van der Waals surface area contributed by atoms with Crippen molar-refractivity contribution in [3.05, 3.63) is 36.2 Å². The van der Waals surface area contributed by atoms with E-state index < -0.39 is 0 Å². The maximum absolute atomic E-state index is 5.14. The molecule has 208 valence electrons. The molecular formula is C29H56N6O. The lowest BCUT2D eigenvalue weighted by Gasteiger charge is -2.26. The van der Waals surface area contributed by atoms with Gasteiger partial charge in [-0.05, 0) is 109 Å². The Bertz CT molecular complexity index is 656. The first-order chi connectivity index (χ1) is 17.2. The van der Waals surface area contributed by atoms with E-state index in [1.54, 1.807) is 11.0 Å². The molecule has 3 fully saturated rings. The highest BCUT2D eigenvalue weighted by atomic mass is 16.5. The number of hydrogen-bond donors (Lipinski definition) is 1. The molecule has 1 N–H and O–H groups in total. The minimum absolute atomic E-state index is 0.911. The van der Waals surface area contributed by atoms with Gasteiger partial charge in [-0.15, -0.1) is 0 Å². The lowest BCUT2D eigenvalue weighted by atomic mass is 10.00. The van der Waals surface area contributed by atoms with Crippen molar-refractivity contribution in [1.82, 2.24) is 29.5 Å². The topological polar surface area (TPSA) is 60.1 Å². The Morgan fingerprint density at radius 3 is 1.61 bits per heavy atom. The van der Waals surface area contributed by atoms with Gasteiger partial charge in [0.25, 0.3) is 0 Å². The number of aromatic nitrogens is 4. The molecule has 0 amide bonds. The zero-order chi connectivity index (χ0) is 26.8. The van der Waals surface area contributed by atoms with Gasteiger partial charge in [-0.2, -0.15) is 5.10 Å². The van der Waals surface area contributed by atoms with E-state index in [0.717, 1.165) is 36.7 Å². The van der Waals surface area contributed by atoms with Crippen LogP contribution in [-0.4, -0.2) is 70.7 Å². The van der Waals surface area contributed by atoms with Crippen LogP contribution in [0.1, 0.15) is 70.6 Å². The first-order valence-corrected chi connectivity index (χ1v) is 14.0. The monoisotopic (exact) mass is 504 g/mol. The Morgan fingerprint density at radius 1 is 0.806 bits per heavy atom. The Kier molecular flexibility index (Phi) is 17.4. The van der Waals surface area contributed by atoms with Crippen LogP contribution in [0.4, 0.5) is 0 Å². The van der Waals surface area contributed by atoms with Crippen LogP contribution in [0, 0.1) is 31.6 Å². The molecule has 36 heavy (non-hydrogen) atoms. The molecule has 3 aliphatic rings. The van der Waals surface area contributed by atoms with Gasteiger partial charge in [0.05, 0.1) is 18.2 Å². The molecule has 0 saturated carbocycles. The minimum Gasteiger partial charge on any atom is -0.381 e. The summed E-state index contributed by atoms with van der Waals surface area (Å²) in [6.45, 7) is 18.0. The molecule has 0 aliphatic carbocycles. The molecular weight excluding hydrogens is 448 g/mol. The summed E-state index contributed by atoms with van der Waals surface area (Å²) < 4.78 is 8.85. The molecule has 5 rings (SSSR count). The first kappa shape index (κ1) is 32.3. The zero-order valence-corrected chi connectivity index (χ0v) is 24.7. The van der Waals surface area contributed by atoms with Crippen molar-refractivity contribution in [1.29, 1.82) is 0 Å². The van der Waals surface area contributed by atoms with Crippen LogP contribution in [0.25, 0.3) is 0 Å². The van der Waals surface area contributed by atoms with Gasteiger partial charge in [0.15, 0.2) is 0 Å². The van der Waals surface area contributed by atoms with Gasteiger partial charge in [-0.1, -0.05) is 20.8 Å². The highest BCUT2D eigenvalue weighted by molar-refractivity contribution is 4.98. The lowest BCUT2D eigenvalue weighted by Crippen LogP contribution is -2.28. The van der Waals surface area contributed by atoms with Crippen molar-refractivity contribution in [2.75, 3.05) is 46.4 Å². The van der Waals surface area contributed by atoms with Crippen molar-refractivity contribution < 1.29 is 4.74 Å². The number of ether oxygens (including phenoxy) is 1. The van der Waals surface area contributed by atoms with Crippen molar-refractivity contribution in [3.8, 4) is 0 Å². The van der Waals surface area contributed by atoms with Gasteiger partial charge in [0.2, 0.25) is 0 Å². The molecule has 0 bridgehead atoms. The number of rotatable bonds is 0. The van der Waals surface area contributed by atoms with Crippen molar-refractivity contribution in [2.45, 2.75) is 73.1 Å². The standard InChI is InChI=1S/C7H15N.C6H13N.C6H12O.2C5H8N2/c1-7-3-5-8(2)6-4-7;2*1-6-2-4-7-5-3-6;1-5-3-7(2)4-6-5;1-5-3-6-7(2)4-5/h7H,3-6H2,1-2H3;6-7H,2-5H2,1H3;6H,2-5H2,1H3;2*3-4H,1-2H3. The molecule has 0 spiro atoms. The van der Waals surface area contributed by atoms with Crippen LogP contribution in [0.15, 0.2) is 24.9 Å². The number of aryl methyl sites for hydroxylation is 4. The van der Waals surface area contributed by atoms with Gasteiger partial charge in [0.1, 0.15) is 0 Å². The summed E-state index contributed by atoms with van der Waals surface area (Å²) >= 11 is 0. The SMILES string of the molecule is CC1CCN(C)CC1.CC1CCNCC1.CC1CCOCC1.Cc1cn(C)cn1.Cc1cnn(C)c1. The van der Waals surface area contributed by atoms with E-state index in [4.69, 9.17) is 4.74 Å². The Labute approximate surface area is 222 Å². The fourth-order valence-corrected chi connectivity index (χ4v) is 4.01. The van der Waals surface area contributed by atoms with E-state index in [1.165, 1.54) is 70.3 Å². The van der Waals surface area contributed by atoms with E-state index in [2.05, 4.69) is 48.1 Å². The predicted molar refractivity (Wildman–Crippen MR) is 152 cm³/mol. The van der Waals surface area contributed by atoms with Crippen LogP contribution in [0.2, 0.25) is 0 Å². The summed E-state index contributed by atoms with van der Waals surface area (Å²) in [5.74, 6) is 2.86. The average Bonchev–Trinajstić information content (AvgIpc) is 3.43. The number of likely N-dealkylation sites (tertiary alicyclic amines) is 1. The second-order valence-corrected chi connectivity index (χ2v) is 11.1. The predicted octanol–water partition coefficient (Wildman–Crippen LogP) is 5.24. The second-order valence-electron chi connectivity index (χ2n) is 11.1. The van der Waals surface area contributed by atoms with Gasteiger partial charge in [-0.25, -0.2) is 4.98 Å². The Balaban J connectivity index is 0.000000225. The summed E-state index contributed by atoms with van der Waals surface area (Å²) in [4.78, 5) is 6.38. The summed E-state index contributed by atoms with van der Waals surface area (Å²) in [7, 11) is 6.07. The third-order valence-electron chi connectivity index (χ3n) is 6.81.